The molecule has 0 radical (unpaired) electrons. The van der Waals surface area contributed by atoms with Crippen molar-refractivity contribution in [2.45, 2.75) is 13.0 Å². The summed E-state index contributed by atoms with van der Waals surface area (Å²) in [5.41, 5.74) is 1.02. The first-order valence-corrected chi connectivity index (χ1v) is 8.18. The molecule has 0 saturated carbocycles. The van der Waals surface area contributed by atoms with Crippen molar-refractivity contribution in [1.82, 2.24) is 10.3 Å². The second-order valence-electron chi connectivity index (χ2n) is 3.71. The van der Waals surface area contributed by atoms with Crippen LogP contribution in [0.2, 0.25) is 4.34 Å². The second-order valence-corrected chi connectivity index (χ2v) is 7.28. The predicted molar refractivity (Wildman–Crippen MR) is 84.4 cm³/mol. The van der Waals surface area contributed by atoms with Crippen LogP contribution in [0.5, 0.6) is 0 Å². The maximum atomic E-state index is 5.88. The molecule has 96 valence electrons. The van der Waals surface area contributed by atoms with Crippen LogP contribution in [0.4, 0.5) is 0 Å². The molecule has 0 fully saturated rings. The average Bonchev–Trinajstić information content (AvgIpc) is 2.73. The van der Waals surface area contributed by atoms with Gasteiger partial charge in [-0.3, -0.25) is 4.98 Å². The largest absolute Gasteiger partial charge is 0.311 e. The van der Waals surface area contributed by atoms with Gasteiger partial charge in [-0.15, -0.1) is 11.3 Å². The van der Waals surface area contributed by atoms with Gasteiger partial charge in [0.15, 0.2) is 0 Å². The summed E-state index contributed by atoms with van der Waals surface area (Å²) in [7, 11) is 0. The van der Waals surface area contributed by atoms with Gasteiger partial charge in [0.25, 0.3) is 0 Å². The first kappa shape index (κ1) is 14.5. The van der Waals surface area contributed by atoms with Crippen LogP contribution in [0, 0.1) is 0 Å². The zero-order chi connectivity index (χ0) is 13.0. The molecule has 2 rings (SSSR count). The Bertz CT molecular complexity index is 531. The number of nitrogens with one attached hydrogen (secondary N) is 1. The summed E-state index contributed by atoms with van der Waals surface area (Å²) in [6.07, 6.45) is 2.80. The van der Waals surface area contributed by atoms with Crippen LogP contribution >= 0.6 is 54.8 Å². The molecule has 0 aromatic carbocycles. The summed E-state index contributed by atoms with van der Waals surface area (Å²) >= 11 is 14.4. The molecule has 0 spiro atoms. The molecule has 0 aliphatic rings. The standard InChI is InChI=1S/C12H11Br2ClN2S/c13-8-5-10(14)11(17-6-8)7-16-4-3-9-1-2-12(15)18-9/h1-2,5-6,16H,3-4,7H2. The van der Waals surface area contributed by atoms with Crippen LogP contribution in [0.1, 0.15) is 10.6 Å². The van der Waals surface area contributed by atoms with E-state index in [0.717, 1.165) is 38.5 Å². The Hall–Kier alpha value is 0.0600. The Morgan fingerprint density at radius 2 is 2.17 bits per heavy atom. The maximum absolute atomic E-state index is 5.88. The second kappa shape index (κ2) is 7.01. The van der Waals surface area contributed by atoms with E-state index in [9.17, 15) is 0 Å². The van der Waals surface area contributed by atoms with Gasteiger partial charge < -0.3 is 5.32 Å². The molecular formula is C12H11Br2ClN2S. The van der Waals surface area contributed by atoms with Crippen molar-refractivity contribution in [1.29, 1.82) is 0 Å². The predicted octanol–water partition coefficient (Wildman–Crippen LogP) is 4.65. The van der Waals surface area contributed by atoms with Crippen molar-refractivity contribution in [3.63, 3.8) is 0 Å². The molecule has 0 bridgehead atoms. The summed E-state index contributed by atoms with van der Waals surface area (Å²) in [6, 6.07) is 6.01. The zero-order valence-corrected chi connectivity index (χ0v) is 14.2. The highest BCUT2D eigenvalue weighted by Gasteiger charge is 2.02. The molecule has 0 atom stereocenters. The quantitative estimate of drug-likeness (QED) is 0.726. The van der Waals surface area contributed by atoms with E-state index < -0.39 is 0 Å². The van der Waals surface area contributed by atoms with Gasteiger partial charge in [0.2, 0.25) is 0 Å². The molecule has 2 aromatic heterocycles. The number of halogens is 3. The molecule has 2 nitrogen and oxygen atoms in total. The SMILES string of the molecule is Clc1ccc(CCNCc2ncc(Br)cc2Br)s1. The Kier molecular flexibility index (Phi) is 5.63. The van der Waals surface area contributed by atoms with Crippen LogP contribution in [0.15, 0.2) is 33.3 Å². The summed E-state index contributed by atoms with van der Waals surface area (Å²) in [6.45, 7) is 1.67. The fourth-order valence-corrected chi connectivity index (χ4v) is 3.69. The van der Waals surface area contributed by atoms with E-state index in [-0.39, 0.29) is 0 Å². The van der Waals surface area contributed by atoms with Gasteiger partial charge in [-0.05, 0) is 56.5 Å². The molecule has 18 heavy (non-hydrogen) atoms. The molecule has 0 aliphatic carbocycles. The van der Waals surface area contributed by atoms with E-state index in [0.29, 0.717) is 0 Å². The molecule has 6 heteroatoms. The minimum atomic E-state index is 0.757. The highest BCUT2D eigenvalue weighted by atomic mass is 79.9. The lowest BCUT2D eigenvalue weighted by Gasteiger charge is -2.05. The fourth-order valence-electron chi connectivity index (χ4n) is 1.48. The van der Waals surface area contributed by atoms with Gasteiger partial charge in [0.05, 0.1) is 10.0 Å². The van der Waals surface area contributed by atoms with Crippen molar-refractivity contribution in [3.8, 4) is 0 Å². The van der Waals surface area contributed by atoms with Gasteiger partial charge in [-0.2, -0.15) is 0 Å². The molecule has 1 N–H and O–H groups in total. The van der Waals surface area contributed by atoms with Crippen molar-refractivity contribution in [3.05, 3.63) is 48.2 Å². The van der Waals surface area contributed by atoms with Crippen LogP contribution in [0.3, 0.4) is 0 Å². The number of pyridine rings is 1. The summed E-state index contributed by atoms with van der Waals surface area (Å²) in [5.74, 6) is 0. The lowest BCUT2D eigenvalue weighted by Crippen LogP contribution is -2.17. The fraction of sp³-hybridized carbons (Fsp3) is 0.250. The molecule has 0 aliphatic heterocycles. The minimum absolute atomic E-state index is 0.757. The number of nitrogens with zero attached hydrogens (tertiary/aromatic N) is 1. The Balaban J connectivity index is 1.78. The van der Waals surface area contributed by atoms with E-state index in [1.54, 1.807) is 17.5 Å². The average molecular weight is 411 g/mol. The van der Waals surface area contributed by atoms with Crippen LogP contribution in [-0.4, -0.2) is 11.5 Å². The molecule has 0 amide bonds. The van der Waals surface area contributed by atoms with E-state index in [1.165, 1.54) is 4.88 Å². The van der Waals surface area contributed by atoms with E-state index in [1.807, 2.05) is 12.1 Å². The van der Waals surface area contributed by atoms with Gasteiger partial charge >= 0.3 is 0 Å². The highest BCUT2D eigenvalue weighted by molar-refractivity contribution is 9.11. The summed E-state index contributed by atoms with van der Waals surface area (Å²) < 4.78 is 2.84. The maximum Gasteiger partial charge on any atom is 0.0931 e. The lowest BCUT2D eigenvalue weighted by atomic mass is 10.3. The van der Waals surface area contributed by atoms with Crippen LogP contribution < -0.4 is 5.32 Å². The molecule has 0 unspecified atom stereocenters. The topological polar surface area (TPSA) is 24.9 Å². The normalized spacial score (nSPS) is 10.8. The van der Waals surface area contributed by atoms with Crippen molar-refractivity contribution < 1.29 is 0 Å². The number of hydrogen-bond donors (Lipinski definition) is 1. The molecule has 0 saturated heterocycles. The van der Waals surface area contributed by atoms with Crippen LogP contribution in [-0.2, 0) is 13.0 Å². The lowest BCUT2D eigenvalue weighted by molar-refractivity contribution is 0.675. The van der Waals surface area contributed by atoms with E-state index in [2.05, 4.69) is 48.2 Å². The van der Waals surface area contributed by atoms with Gasteiger partial charge in [-0.1, -0.05) is 11.6 Å². The first-order valence-electron chi connectivity index (χ1n) is 5.40. The smallest absolute Gasteiger partial charge is 0.0931 e. The zero-order valence-electron chi connectivity index (χ0n) is 9.42. The van der Waals surface area contributed by atoms with E-state index in [4.69, 9.17) is 11.6 Å². The van der Waals surface area contributed by atoms with Gasteiger partial charge in [0, 0.05) is 33.1 Å². The minimum Gasteiger partial charge on any atom is -0.311 e. The third kappa shape index (κ3) is 4.31. The molecule has 2 aromatic rings. The number of rotatable bonds is 5. The van der Waals surface area contributed by atoms with E-state index >= 15 is 0 Å². The Morgan fingerprint density at radius 3 is 2.83 bits per heavy atom. The van der Waals surface area contributed by atoms with Crippen molar-refractivity contribution >= 4 is 54.8 Å². The first-order chi connectivity index (χ1) is 8.65. The monoisotopic (exact) mass is 408 g/mol. The Morgan fingerprint density at radius 1 is 1.33 bits per heavy atom. The van der Waals surface area contributed by atoms with Crippen LogP contribution in [0.25, 0.3) is 0 Å². The van der Waals surface area contributed by atoms with Gasteiger partial charge in [-0.25, -0.2) is 0 Å². The molecular weight excluding hydrogens is 399 g/mol. The number of hydrogen-bond acceptors (Lipinski definition) is 3. The number of thiophene rings is 1. The third-order valence-corrected chi connectivity index (χ3v) is 4.76. The van der Waals surface area contributed by atoms with Crippen molar-refractivity contribution in [2.75, 3.05) is 6.54 Å². The Labute approximate surface area is 132 Å². The molecule has 2 heterocycles. The van der Waals surface area contributed by atoms with Gasteiger partial charge in [0.1, 0.15) is 0 Å². The summed E-state index contributed by atoms with van der Waals surface area (Å²) in [4.78, 5) is 5.65. The number of aromatic nitrogens is 1. The van der Waals surface area contributed by atoms with Crippen molar-refractivity contribution in [2.24, 2.45) is 0 Å². The highest BCUT2D eigenvalue weighted by Crippen LogP contribution is 2.22. The third-order valence-electron chi connectivity index (χ3n) is 2.35. The summed E-state index contributed by atoms with van der Waals surface area (Å²) in [5, 5.41) is 3.38.